The van der Waals surface area contributed by atoms with Gasteiger partial charge >= 0.3 is 0 Å². The van der Waals surface area contributed by atoms with E-state index in [2.05, 4.69) is 27.7 Å². The van der Waals surface area contributed by atoms with Gasteiger partial charge in [0.05, 0.1) is 0 Å². The second-order valence-electron chi connectivity index (χ2n) is 4.63. The Balaban J connectivity index is 3.27. The van der Waals surface area contributed by atoms with Crippen LogP contribution in [0.5, 0.6) is 0 Å². The third kappa shape index (κ3) is 8.06. The molecule has 74 valence electrons. The molecule has 0 saturated heterocycles. The largest absolute Gasteiger partial charge is 0.328 e. The van der Waals surface area contributed by atoms with Crippen LogP contribution in [0.1, 0.15) is 53.4 Å². The van der Waals surface area contributed by atoms with Crippen LogP contribution >= 0.6 is 0 Å². The molecule has 0 heterocycles. The van der Waals surface area contributed by atoms with E-state index in [4.69, 9.17) is 5.73 Å². The van der Waals surface area contributed by atoms with Gasteiger partial charge in [-0.1, -0.05) is 33.6 Å². The highest BCUT2D eigenvalue weighted by molar-refractivity contribution is 4.60. The maximum Gasteiger partial charge on any atom is 0.00105 e. The second kappa shape index (κ2) is 6.47. The molecular formula is C11H25N. The standard InChI is InChI=1S/C11H25N/c1-9(2)5-6-10(3)7-8-11(4)12/h9-11H,5-8,12H2,1-4H3. The molecule has 12 heavy (non-hydrogen) atoms. The van der Waals surface area contributed by atoms with Crippen LogP contribution in [0.15, 0.2) is 0 Å². The average molecular weight is 171 g/mol. The van der Waals surface area contributed by atoms with E-state index in [1.54, 1.807) is 0 Å². The Morgan fingerprint density at radius 3 is 1.75 bits per heavy atom. The molecule has 0 saturated carbocycles. The van der Waals surface area contributed by atoms with Crippen LogP contribution < -0.4 is 5.73 Å². The van der Waals surface area contributed by atoms with Crippen molar-refractivity contribution in [2.24, 2.45) is 17.6 Å². The molecule has 0 aromatic heterocycles. The Hall–Kier alpha value is -0.0400. The molecule has 1 nitrogen and oxygen atoms in total. The molecule has 0 aromatic rings. The van der Waals surface area contributed by atoms with Crippen molar-refractivity contribution in [1.82, 2.24) is 0 Å². The van der Waals surface area contributed by atoms with Gasteiger partial charge in [-0.2, -0.15) is 0 Å². The molecule has 0 fully saturated rings. The molecule has 2 N–H and O–H groups in total. The molecule has 2 unspecified atom stereocenters. The second-order valence-corrected chi connectivity index (χ2v) is 4.63. The third-order valence-electron chi connectivity index (χ3n) is 2.35. The van der Waals surface area contributed by atoms with E-state index in [0.717, 1.165) is 11.8 Å². The van der Waals surface area contributed by atoms with Crippen LogP contribution in [0, 0.1) is 11.8 Å². The van der Waals surface area contributed by atoms with E-state index in [-0.39, 0.29) is 0 Å². The summed E-state index contributed by atoms with van der Waals surface area (Å²) in [4.78, 5) is 0. The SMILES string of the molecule is CC(C)CCC(C)CCC(C)N. The van der Waals surface area contributed by atoms with Crippen LogP contribution in [0.3, 0.4) is 0 Å². The van der Waals surface area contributed by atoms with Gasteiger partial charge in [0.2, 0.25) is 0 Å². The summed E-state index contributed by atoms with van der Waals surface area (Å²) in [6.07, 6.45) is 5.20. The first kappa shape index (κ1) is 12.0. The predicted molar refractivity (Wildman–Crippen MR) is 56.1 cm³/mol. The minimum Gasteiger partial charge on any atom is -0.328 e. The number of hydrogen-bond donors (Lipinski definition) is 1. The monoisotopic (exact) mass is 171 g/mol. The summed E-state index contributed by atoms with van der Waals surface area (Å²) in [5, 5.41) is 0. The zero-order chi connectivity index (χ0) is 9.56. The fourth-order valence-corrected chi connectivity index (χ4v) is 1.31. The van der Waals surface area contributed by atoms with E-state index in [0.29, 0.717) is 6.04 Å². The van der Waals surface area contributed by atoms with Crippen molar-refractivity contribution in [3.63, 3.8) is 0 Å². The van der Waals surface area contributed by atoms with Gasteiger partial charge in [-0.15, -0.1) is 0 Å². The maximum atomic E-state index is 5.70. The first-order valence-corrected chi connectivity index (χ1v) is 5.28. The molecule has 0 spiro atoms. The molecule has 1 heteroatoms. The van der Waals surface area contributed by atoms with Gasteiger partial charge < -0.3 is 5.73 Å². The molecule has 0 amide bonds. The van der Waals surface area contributed by atoms with Crippen LogP contribution in [0.4, 0.5) is 0 Å². The third-order valence-corrected chi connectivity index (χ3v) is 2.35. The topological polar surface area (TPSA) is 26.0 Å². The maximum absolute atomic E-state index is 5.70. The Morgan fingerprint density at radius 2 is 1.33 bits per heavy atom. The quantitative estimate of drug-likeness (QED) is 0.652. The first-order chi connectivity index (χ1) is 5.52. The molecule has 0 aliphatic rings. The van der Waals surface area contributed by atoms with Crippen LogP contribution in [0.2, 0.25) is 0 Å². The summed E-state index contributed by atoms with van der Waals surface area (Å²) >= 11 is 0. The number of hydrogen-bond acceptors (Lipinski definition) is 1. The summed E-state index contributed by atoms with van der Waals surface area (Å²) in [5.41, 5.74) is 5.70. The predicted octanol–water partition coefficient (Wildman–Crippen LogP) is 3.19. The van der Waals surface area contributed by atoms with Crippen molar-refractivity contribution in [3.8, 4) is 0 Å². The van der Waals surface area contributed by atoms with Gasteiger partial charge in [-0.05, 0) is 31.6 Å². The summed E-state index contributed by atoms with van der Waals surface area (Å²) in [5.74, 6) is 1.71. The van der Waals surface area contributed by atoms with Crippen molar-refractivity contribution in [1.29, 1.82) is 0 Å². The van der Waals surface area contributed by atoms with Gasteiger partial charge in [0.1, 0.15) is 0 Å². The van der Waals surface area contributed by atoms with E-state index >= 15 is 0 Å². The van der Waals surface area contributed by atoms with Crippen molar-refractivity contribution in [2.75, 3.05) is 0 Å². The minimum atomic E-state index is 0.381. The van der Waals surface area contributed by atoms with Crippen LogP contribution in [-0.4, -0.2) is 6.04 Å². The fraction of sp³-hybridized carbons (Fsp3) is 1.00. The normalized spacial score (nSPS) is 16.5. The van der Waals surface area contributed by atoms with Crippen molar-refractivity contribution < 1.29 is 0 Å². The summed E-state index contributed by atoms with van der Waals surface area (Å²) in [6, 6.07) is 0.381. The lowest BCUT2D eigenvalue weighted by Crippen LogP contribution is -2.15. The minimum absolute atomic E-state index is 0.381. The Kier molecular flexibility index (Phi) is 6.45. The highest BCUT2D eigenvalue weighted by atomic mass is 14.6. The lowest BCUT2D eigenvalue weighted by atomic mass is 9.94. The molecule has 0 rings (SSSR count). The summed E-state index contributed by atoms with van der Waals surface area (Å²) in [6.45, 7) is 9.01. The molecule has 0 aliphatic heterocycles. The average Bonchev–Trinajstić information content (AvgIpc) is 1.96. The van der Waals surface area contributed by atoms with Gasteiger partial charge in [0.15, 0.2) is 0 Å². The molecule has 0 radical (unpaired) electrons. The smallest absolute Gasteiger partial charge is 0.00105 e. The molecular weight excluding hydrogens is 146 g/mol. The molecule has 0 bridgehead atoms. The fourth-order valence-electron chi connectivity index (χ4n) is 1.31. The number of rotatable bonds is 6. The van der Waals surface area contributed by atoms with Gasteiger partial charge in [0.25, 0.3) is 0 Å². The highest BCUT2D eigenvalue weighted by Crippen LogP contribution is 2.16. The van der Waals surface area contributed by atoms with Gasteiger partial charge in [-0.3, -0.25) is 0 Å². The van der Waals surface area contributed by atoms with Gasteiger partial charge in [-0.25, -0.2) is 0 Å². The van der Waals surface area contributed by atoms with E-state index < -0.39 is 0 Å². The summed E-state index contributed by atoms with van der Waals surface area (Å²) in [7, 11) is 0. The Bertz CT molecular complexity index is 85.2. The molecule has 2 atom stereocenters. The number of nitrogens with two attached hydrogens (primary N) is 1. The lowest BCUT2D eigenvalue weighted by Gasteiger charge is -2.13. The van der Waals surface area contributed by atoms with Crippen molar-refractivity contribution in [2.45, 2.75) is 59.4 Å². The first-order valence-electron chi connectivity index (χ1n) is 5.28. The molecule has 0 aromatic carbocycles. The zero-order valence-corrected chi connectivity index (χ0v) is 9.14. The van der Waals surface area contributed by atoms with Crippen molar-refractivity contribution >= 4 is 0 Å². The van der Waals surface area contributed by atoms with Gasteiger partial charge in [0, 0.05) is 6.04 Å². The Morgan fingerprint density at radius 1 is 0.833 bits per heavy atom. The van der Waals surface area contributed by atoms with Crippen LogP contribution in [-0.2, 0) is 0 Å². The summed E-state index contributed by atoms with van der Waals surface area (Å²) < 4.78 is 0. The Labute approximate surface area is 77.7 Å². The highest BCUT2D eigenvalue weighted by Gasteiger charge is 2.04. The van der Waals surface area contributed by atoms with E-state index in [1.165, 1.54) is 25.7 Å². The van der Waals surface area contributed by atoms with E-state index in [1.807, 2.05) is 0 Å². The zero-order valence-electron chi connectivity index (χ0n) is 9.14. The van der Waals surface area contributed by atoms with Crippen molar-refractivity contribution in [3.05, 3.63) is 0 Å². The molecule has 0 aliphatic carbocycles. The van der Waals surface area contributed by atoms with E-state index in [9.17, 15) is 0 Å². The lowest BCUT2D eigenvalue weighted by molar-refractivity contribution is 0.407. The van der Waals surface area contributed by atoms with Crippen LogP contribution in [0.25, 0.3) is 0 Å².